The number of nitrogens with zero attached hydrogens (tertiary/aromatic N) is 7. The molecule has 10 nitrogen and oxygen atoms in total. The van der Waals surface area contributed by atoms with E-state index in [1.54, 1.807) is 22.8 Å². The molecule has 2 fully saturated rings. The van der Waals surface area contributed by atoms with Crippen LogP contribution in [0.2, 0.25) is 0 Å². The number of amides is 2. The van der Waals surface area contributed by atoms with Crippen LogP contribution in [0.5, 0.6) is 0 Å². The zero-order chi connectivity index (χ0) is 22.5. The molecule has 32 heavy (non-hydrogen) atoms. The highest BCUT2D eigenvalue weighted by Crippen LogP contribution is 2.17. The van der Waals surface area contributed by atoms with Gasteiger partial charge >= 0.3 is 0 Å². The van der Waals surface area contributed by atoms with E-state index in [1.807, 2.05) is 41.2 Å². The molecule has 0 aliphatic carbocycles. The standard InChI is InChI=1S/C22H30N8O2/c1-23-22(29-12-13-30(21(32)17-29)19-14-25-26(2)16-19)24-15-20(31)28-10-8-27(9-11-28)18-6-4-3-5-7-18/h3-7,14,16H,8-13,15,17H2,1-2H3,(H,23,24). The van der Waals surface area contributed by atoms with Crippen LogP contribution in [0, 0.1) is 0 Å². The Hall–Kier alpha value is -3.56. The first kappa shape index (κ1) is 21.7. The Morgan fingerprint density at radius 1 is 1.03 bits per heavy atom. The molecule has 1 aromatic carbocycles. The molecule has 0 radical (unpaired) electrons. The van der Waals surface area contributed by atoms with Crippen molar-refractivity contribution in [2.75, 3.05) is 69.2 Å². The molecule has 0 atom stereocenters. The predicted octanol–water partition coefficient (Wildman–Crippen LogP) is -0.00710. The number of guanidine groups is 1. The fourth-order valence-corrected chi connectivity index (χ4v) is 4.13. The van der Waals surface area contributed by atoms with Crippen molar-refractivity contribution < 1.29 is 9.59 Å². The van der Waals surface area contributed by atoms with E-state index in [0.717, 1.165) is 18.8 Å². The van der Waals surface area contributed by atoms with Crippen molar-refractivity contribution in [2.45, 2.75) is 0 Å². The smallest absolute Gasteiger partial charge is 0.246 e. The molecule has 1 aromatic heterocycles. The molecule has 2 aromatic rings. The number of rotatable bonds is 4. The van der Waals surface area contributed by atoms with E-state index in [-0.39, 0.29) is 24.9 Å². The van der Waals surface area contributed by atoms with Crippen LogP contribution in [-0.2, 0) is 16.6 Å². The van der Waals surface area contributed by atoms with Gasteiger partial charge < -0.3 is 24.9 Å². The van der Waals surface area contributed by atoms with Gasteiger partial charge in [0.1, 0.15) is 6.54 Å². The van der Waals surface area contributed by atoms with Gasteiger partial charge in [0.15, 0.2) is 5.96 Å². The van der Waals surface area contributed by atoms with E-state index < -0.39 is 0 Å². The first-order valence-electron chi connectivity index (χ1n) is 10.9. The highest BCUT2D eigenvalue weighted by atomic mass is 16.2. The largest absolute Gasteiger partial charge is 0.368 e. The van der Waals surface area contributed by atoms with Crippen LogP contribution in [0.1, 0.15) is 0 Å². The minimum absolute atomic E-state index is 0.0180. The number of hydrogen-bond acceptors (Lipinski definition) is 5. The molecule has 2 amide bonds. The Morgan fingerprint density at radius 2 is 1.75 bits per heavy atom. The number of carbonyl (C=O) groups excluding carboxylic acids is 2. The summed E-state index contributed by atoms with van der Waals surface area (Å²) >= 11 is 0. The second-order valence-electron chi connectivity index (χ2n) is 7.94. The third-order valence-electron chi connectivity index (χ3n) is 5.89. The van der Waals surface area contributed by atoms with Crippen LogP contribution in [0.4, 0.5) is 11.4 Å². The molecule has 0 spiro atoms. The Labute approximate surface area is 188 Å². The second-order valence-corrected chi connectivity index (χ2v) is 7.94. The van der Waals surface area contributed by atoms with Crippen LogP contribution in [0.3, 0.4) is 0 Å². The Bertz CT molecular complexity index is 965. The lowest BCUT2D eigenvalue weighted by atomic mass is 10.2. The van der Waals surface area contributed by atoms with E-state index in [2.05, 4.69) is 32.4 Å². The quantitative estimate of drug-likeness (QED) is 0.534. The average Bonchev–Trinajstić information content (AvgIpc) is 3.26. The highest BCUT2D eigenvalue weighted by molar-refractivity contribution is 5.98. The number of hydrogen-bond donors (Lipinski definition) is 1. The Kier molecular flexibility index (Phi) is 6.58. The monoisotopic (exact) mass is 438 g/mol. The number of piperazine rings is 2. The summed E-state index contributed by atoms with van der Waals surface area (Å²) in [6, 6.07) is 10.3. The van der Waals surface area contributed by atoms with Crippen LogP contribution >= 0.6 is 0 Å². The number of anilines is 2. The van der Waals surface area contributed by atoms with Gasteiger partial charge in [-0.1, -0.05) is 18.2 Å². The number of carbonyl (C=O) groups is 2. The summed E-state index contributed by atoms with van der Waals surface area (Å²) in [4.78, 5) is 37.5. The van der Waals surface area contributed by atoms with Gasteiger partial charge in [-0.3, -0.25) is 19.3 Å². The van der Waals surface area contributed by atoms with Crippen molar-refractivity contribution in [3.8, 4) is 0 Å². The van der Waals surface area contributed by atoms with Crippen molar-refractivity contribution in [2.24, 2.45) is 12.0 Å². The molecule has 0 unspecified atom stereocenters. The first-order valence-corrected chi connectivity index (χ1v) is 10.9. The molecule has 2 aliphatic rings. The summed E-state index contributed by atoms with van der Waals surface area (Å²) in [5.41, 5.74) is 1.98. The Balaban J connectivity index is 1.25. The minimum Gasteiger partial charge on any atom is -0.368 e. The summed E-state index contributed by atoms with van der Waals surface area (Å²) < 4.78 is 1.68. The number of aromatic nitrogens is 2. The van der Waals surface area contributed by atoms with Crippen LogP contribution < -0.4 is 15.1 Å². The topological polar surface area (TPSA) is 89.3 Å². The lowest BCUT2D eigenvalue weighted by Crippen LogP contribution is -2.57. The van der Waals surface area contributed by atoms with Crippen LogP contribution in [0.15, 0.2) is 47.7 Å². The third-order valence-corrected chi connectivity index (χ3v) is 5.89. The Morgan fingerprint density at radius 3 is 2.38 bits per heavy atom. The zero-order valence-electron chi connectivity index (χ0n) is 18.6. The number of aliphatic imine (C=N–C) groups is 1. The molecule has 1 N–H and O–H groups in total. The molecule has 4 rings (SSSR count). The fourth-order valence-electron chi connectivity index (χ4n) is 4.13. The summed E-state index contributed by atoms with van der Waals surface area (Å²) in [5.74, 6) is 0.593. The maximum Gasteiger partial charge on any atom is 0.246 e. The molecule has 10 heteroatoms. The van der Waals surface area contributed by atoms with Gasteiger partial charge in [-0.15, -0.1) is 0 Å². The molecule has 3 heterocycles. The van der Waals surface area contributed by atoms with Crippen molar-refractivity contribution in [3.05, 3.63) is 42.7 Å². The van der Waals surface area contributed by atoms with Gasteiger partial charge in [-0.2, -0.15) is 5.10 Å². The summed E-state index contributed by atoms with van der Waals surface area (Å²) in [6.45, 7) is 4.55. The van der Waals surface area contributed by atoms with E-state index in [1.165, 1.54) is 5.69 Å². The first-order chi connectivity index (χ1) is 15.5. The van der Waals surface area contributed by atoms with Crippen molar-refractivity contribution in [3.63, 3.8) is 0 Å². The van der Waals surface area contributed by atoms with E-state index >= 15 is 0 Å². The summed E-state index contributed by atoms with van der Waals surface area (Å²) in [6.07, 6.45) is 3.52. The SMILES string of the molecule is CN=C(NCC(=O)N1CCN(c2ccccc2)CC1)N1CCN(c2cnn(C)c2)C(=O)C1. The maximum absolute atomic E-state index is 12.7. The van der Waals surface area contributed by atoms with Crippen LogP contribution in [0.25, 0.3) is 0 Å². The molecule has 2 aliphatic heterocycles. The van der Waals surface area contributed by atoms with Crippen molar-refractivity contribution >= 4 is 29.1 Å². The number of aryl methyl sites for hydroxylation is 1. The van der Waals surface area contributed by atoms with Gasteiger partial charge in [0.2, 0.25) is 11.8 Å². The van der Waals surface area contributed by atoms with E-state index in [4.69, 9.17) is 0 Å². The number of para-hydroxylation sites is 1. The zero-order valence-corrected chi connectivity index (χ0v) is 18.6. The lowest BCUT2D eigenvalue weighted by Gasteiger charge is -2.37. The molecule has 170 valence electrons. The molecular formula is C22H30N8O2. The van der Waals surface area contributed by atoms with Gasteiger partial charge in [0.25, 0.3) is 0 Å². The minimum atomic E-state index is -0.0180. The van der Waals surface area contributed by atoms with Gasteiger partial charge in [0.05, 0.1) is 18.4 Å². The van der Waals surface area contributed by atoms with Crippen LogP contribution in [-0.4, -0.2) is 96.8 Å². The van der Waals surface area contributed by atoms with Crippen molar-refractivity contribution in [1.82, 2.24) is 24.9 Å². The average molecular weight is 439 g/mol. The summed E-state index contributed by atoms with van der Waals surface area (Å²) in [7, 11) is 3.50. The predicted molar refractivity (Wildman–Crippen MR) is 124 cm³/mol. The molecular weight excluding hydrogens is 408 g/mol. The highest BCUT2D eigenvalue weighted by Gasteiger charge is 2.28. The third kappa shape index (κ3) is 4.84. The summed E-state index contributed by atoms with van der Waals surface area (Å²) in [5, 5.41) is 7.28. The maximum atomic E-state index is 12.7. The second kappa shape index (κ2) is 9.71. The van der Waals surface area contributed by atoms with Gasteiger partial charge in [-0.25, -0.2) is 0 Å². The number of benzene rings is 1. The van der Waals surface area contributed by atoms with Gasteiger partial charge in [0, 0.05) is 65.2 Å². The van der Waals surface area contributed by atoms with E-state index in [9.17, 15) is 9.59 Å². The fraction of sp³-hybridized carbons (Fsp3) is 0.455. The normalized spacial score (nSPS) is 17.7. The van der Waals surface area contributed by atoms with Crippen molar-refractivity contribution in [1.29, 1.82) is 0 Å². The lowest BCUT2D eigenvalue weighted by molar-refractivity contribution is -0.130. The molecule has 2 saturated heterocycles. The molecule has 0 saturated carbocycles. The molecule has 0 bridgehead atoms. The van der Waals surface area contributed by atoms with E-state index in [0.29, 0.717) is 32.1 Å². The van der Waals surface area contributed by atoms with Gasteiger partial charge in [-0.05, 0) is 12.1 Å². The number of nitrogens with one attached hydrogen (secondary N) is 1.